The number of hydrogen-bond donors (Lipinski definition) is 0. The number of rotatable bonds is 4. The molecule has 1 saturated heterocycles. The molecule has 0 aliphatic carbocycles. The molecule has 0 unspecified atom stereocenters. The van der Waals surface area contributed by atoms with Crippen molar-refractivity contribution >= 4 is 5.91 Å². The lowest BCUT2D eigenvalue weighted by Crippen LogP contribution is -2.42. The van der Waals surface area contributed by atoms with Gasteiger partial charge in [-0.05, 0) is 25.0 Å². The van der Waals surface area contributed by atoms with E-state index in [9.17, 15) is 4.79 Å². The van der Waals surface area contributed by atoms with Gasteiger partial charge in [0, 0.05) is 20.2 Å². The molecule has 0 spiro atoms. The Morgan fingerprint density at radius 3 is 2.75 bits per heavy atom. The molecule has 0 atom stereocenters. The lowest BCUT2D eigenvalue weighted by atomic mass is 10.1. The zero-order valence-electron chi connectivity index (χ0n) is 11.5. The van der Waals surface area contributed by atoms with E-state index in [-0.39, 0.29) is 18.6 Å². The van der Waals surface area contributed by atoms with Crippen LogP contribution in [0.15, 0.2) is 24.3 Å². The molecule has 0 radical (unpaired) electrons. The summed E-state index contributed by atoms with van der Waals surface area (Å²) in [4.78, 5) is 13.8. The quantitative estimate of drug-likeness (QED) is 0.836. The highest BCUT2D eigenvalue weighted by molar-refractivity contribution is 5.78. The van der Waals surface area contributed by atoms with Crippen LogP contribution < -0.4 is 4.74 Å². The second-order valence-electron chi connectivity index (χ2n) is 4.71. The molecular formula is C15H18N2O3. The lowest BCUT2D eigenvalue weighted by molar-refractivity contribution is -0.135. The van der Waals surface area contributed by atoms with E-state index in [0.29, 0.717) is 24.4 Å². The first-order valence-electron chi connectivity index (χ1n) is 6.67. The Balaban J connectivity index is 1.85. The molecule has 1 aliphatic rings. The van der Waals surface area contributed by atoms with Crippen LogP contribution in [0, 0.1) is 11.3 Å². The van der Waals surface area contributed by atoms with Gasteiger partial charge in [-0.2, -0.15) is 5.26 Å². The van der Waals surface area contributed by atoms with E-state index in [2.05, 4.69) is 0 Å². The van der Waals surface area contributed by atoms with Gasteiger partial charge in [-0.3, -0.25) is 4.79 Å². The van der Waals surface area contributed by atoms with Gasteiger partial charge in [-0.15, -0.1) is 0 Å². The molecule has 20 heavy (non-hydrogen) atoms. The molecular weight excluding hydrogens is 256 g/mol. The van der Waals surface area contributed by atoms with E-state index < -0.39 is 0 Å². The highest BCUT2D eigenvalue weighted by atomic mass is 16.5. The fraction of sp³-hybridized carbons (Fsp3) is 0.467. The number of nitriles is 1. The summed E-state index contributed by atoms with van der Waals surface area (Å²) in [5, 5.41) is 8.95. The van der Waals surface area contributed by atoms with Gasteiger partial charge in [0.15, 0.2) is 6.61 Å². The Bertz CT molecular complexity index is 502. The molecule has 0 aromatic heterocycles. The fourth-order valence-corrected chi connectivity index (χ4v) is 2.26. The molecule has 5 nitrogen and oxygen atoms in total. The van der Waals surface area contributed by atoms with Gasteiger partial charge in [0.05, 0.1) is 11.7 Å². The van der Waals surface area contributed by atoms with Crippen LogP contribution in [0.5, 0.6) is 5.75 Å². The van der Waals surface area contributed by atoms with Crippen LogP contribution in [0.1, 0.15) is 18.4 Å². The minimum atomic E-state index is -0.0488. The van der Waals surface area contributed by atoms with Crippen molar-refractivity contribution in [3.05, 3.63) is 29.8 Å². The molecule has 1 fully saturated rings. The number of para-hydroxylation sites is 1. The summed E-state index contributed by atoms with van der Waals surface area (Å²) < 4.78 is 10.7. The zero-order valence-corrected chi connectivity index (χ0v) is 11.5. The Labute approximate surface area is 118 Å². The van der Waals surface area contributed by atoms with E-state index in [0.717, 1.165) is 12.8 Å². The van der Waals surface area contributed by atoms with E-state index >= 15 is 0 Å². The van der Waals surface area contributed by atoms with Gasteiger partial charge in [-0.1, -0.05) is 12.1 Å². The smallest absolute Gasteiger partial charge is 0.260 e. The summed E-state index contributed by atoms with van der Waals surface area (Å²) >= 11 is 0. The molecule has 5 heteroatoms. The summed E-state index contributed by atoms with van der Waals surface area (Å²) in [6, 6.07) is 8.96. The molecule has 1 amide bonds. The average molecular weight is 274 g/mol. The topological polar surface area (TPSA) is 62.6 Å². The monoisotopic (exact) mass is 274 g/mol. The maximum atomic E-state index is 12.0. The highest BCUT2D eigenvalue weighted by Gasteiger charge is 2.22. The third-order valence-electron chi connectivity index (χ3n) is 3.49. The standard InChI is InChI=1S/C15H18N2O3/c1-19-13-6-8-17(9-7-13)15(18)11-20-14-5-3-2-4-12(14)10-16/h2-5,13H,6-9,11H2,1H3. The third-order valence-corrected chi connectivity index (χ3v) is 3.49. The van der Waals surface area contributed by atoms with E-state index in [1.165, 1.54) is 0 Å². The van der Waals surface area contributed by atoms with Gasteiger partial charge in [0.1, 0.15) is 11.8 Å². The summed E-state index contributed by atoms with van der Waals surface area (Å²) in [5.74, 6) is 0.405. The van der Waals surface area contributed by atoms with Crippen LogP contribution in [0.4, 0.5) is 0 Å². The zero-order chi connectivity index (χ0) is 14.4. The molecule has 0 saturated carbocycles. The first-order valence-corrected chi connectivity index (χ1v) is 6.67. The van der Waals surface area contributed by atoms with Crippen molar-refractivity contribution in [1.29, 1.82) is 5.26 Å². The van der Waals surface area contributed by atoms with Crippen LogP contribution in [0.25, 0.3) is 0 Å². The largest absolute Gasteiger partial charge is 0.482 e. The number of benzene rings is 1. The number of carbonyl (C=O) groups is 1. The van der Waals surface area contributed by atoms with Gasteiger partial charge in [0.2, 0.25) is 0 Å². The molecule has 1 aromatic rings. The fourth-order valence-electron chi connectivity index (χ4n) is 2.26. The second-order valence-corrected chi connectivity index (χ2v) is 4.71. The summed E-state index contributed by atoms with van der Waals surface area (Å²) in [6.07, 6.45) is 1.97. The van der Waals surface area contributed by atoms with Gasteiger partial charge < -0.3 is 14.4 Å². The Morgan fingerprint density at radius 1 is 1.40 bits per heavy atom. The number of ether oxygens (including phenoxy) is 2. The Morgan fingerprint density at radius 2 is 2.10 bits per heavy atom. The number of nitrogens with zero attached hydrogens (tertiary/aromatic N) is 2. The minimum absolute atomic E-state index is 0.0314. The summed E-state index contributed by atoms with van der Waals surface area (Å²) in [5.41, 5.74) is 0.443. The second kappa shape index (κ2) is 6.92. The van der Waals surface area contributed by atoms with E-state index in [4.69, 9.17) is 14.7 Å². The SMILES string of the molecule is COC1CCN(C(=O)COc2ccccc2C#N)CC1. The highest BCUT2D eigenvalue weighted by Crippen LogP contribution is 2.17. The number of piperidine rings is 1. The van der Waals surface area contributed by atoms with Crippen molar-refractivity contribution in [3.63, 3.8) is 0 Å². The normalized spacial score (nSPS) is 15.7. The van der Waals surface area contributed by atoms with Crippen LogP contribution in [0.2, 0.25) is 0 Å². The summed E-state index contributed by atoms with van der Waals surface area (Å²) in [7, 11) is 1.70. The number of carbonyl (C=O) groups excluding carboxylic acids is 1. The molecule has 1 aliphatic heterocycles. The molecule has 0 bridgehead atoms. The first kappa shape index (κ1) is 14.4. The number of methoxy groups -OCH3 is 1. The average Bonchev–Trinajstić information content (AvgIpc) is 2.53. The Kier molecular flexibility index (Phi) is 4.97. The van der Waals surface area contributed by atoms with Crippen molar-refractivity contribution in [2.75, 3.05) is 26.8 Å². The third kappa shape index (κ3) is 3.49. The Hall–Kier alpha value is -2.06. The summed E-state index contributed by atoms with van der Waals surface area (Å²) in [6.45, 7) is 1.36. The van der Waals surface area contributed by atoms with Crippen molar-refractivity contribution < 1.29 is 14.3 Å². The van der Waals surface area contributed by atoms with Crippen LogP contribution >= 0.6 is 0 Å². The first-order chi connectivity index (χ1) is 9.74. The van der Waals surface area contributed by atoms with Gasteiger partial charge >= 0.3 is 0 Å². The van der Waals surface area contributed by atoms with Crippen LogP contribution in [-0.2, 0) is 9.53 Å². The van der Waals surface area contributed by atoms with Crippen molar-refractivity contribution in [3.8, 4) is 11.8 Å². The van der Waals surface area contributed by atoms with Crippen molar-refractivity contribution in [2.24, 2.45) is 0 Å². The van der Waals surface area contributed by atoms with E-state index in [1.807, 2.05) is 6.07 Å². The number of likely N-dealkylation sites (tertiary alicyclic amines) is 1. The predicted octanol–water partition coefficient (Wildman–Crippen LogP) is 1.57. The van der Waals surface area contributed by atoms with Crippen LogP contribution in [-0.4, -0.2) is 43.7 Å². The maximum absolute atomic E-state index is 12.0. The molecule has 1 aromatic carbocycles. The lowest BCUT2D eigenvalue weighted by Gasteiger charge is -2.31. The molecule has 0 N–H and O–H groups in total. The van der Waals surface area contributed by atoms with Gasteiger partial charge in [-0.25, -0.2) is 0 Å². The number of amides is 1. The van der Waals surface area contributed by atoms with E-state index in [1.54, 1.807) is 36.3 Å². The van der Waals surface area contributed by atoms with Gasteiger partial charge in [0.25, 0.3) is 5.91 Å². The van der Waals surface area contributed by atoms with Crippen molar-refractivity contribution in [2.45, 2.75) is 18.9 Å². The maximum Gasteiger partial charge on any atom is 0.260 e. The minimum Gasteiger partial charge on any atom is -0.482 e. The molecule has 106 valence electrons. The predicted molar refractivity (Wildman–Crippen MR) is 73.3 cm³/mol. The molecule has 1 heterocycles. The van der Waals surface area contributed by atoms with Crippen molar-refractivity contribution in [1.82, 2.24) is 4.90 Å². The van der Waals surface area contributed by atoms with Crippen LogP contribution in [0.3, 0.4) is 0 Å². The molecule has 2 rings (SSSR count). The number of hydrogen-bond acceptors (Lipinski definition) is 4.